The molecule has 0 amide bonds. The second-order valence-corrected chi connectivity index (χ2v) is 5.49. The Kier molecular flexibility index (Phi) is 8.52. The molecule has 0 fully saturated rings. The van der Waals surface area contributed by atoms with Crippen LogP contribution in [-0.4, -0.2) is 23.8 Å². The van der Waals surface area contributed by atoms with Crippen molar-refractivity contribution in [3.8, 4) is 0 Å². The van der Waals surface area contributed by atoms with Gasteiger partial charge in [0.15, 0.2) is 0 Å². The van der Waals surface area contributed by atoms with Crippen molar-refractivity contribution in [1.82, 2.24) is 5.32 Å². The average molecular weight is 263 g/mol. The Balaban J connectivity index is 2.27. The first-order chi connectivity index (χ1) is 9.26. The molecule has 0 saturated carbocycles. The van der Waals surface area contributed by atoms with Gasteiger partial charge in [0, 0.05) is 12.1 Å². The van der Waals surface area contributed by atoms with Gasteiger partial charge in [0.05, 0.1) is 6.61 Å². The molecule has 0 radical (unpaired) electrons. The molecule has 0 bridgehead atoms. The van der Waals surface area contributed by atoms with E-state index in [1.165, 1.54) is 37.7 Å². The SMILES string of the molecule is CCCCCCC(C)N[C@@H](CO)Cc1ccccc1. The van der Waals surface area contributed by atoms with E-state index in [1.807, 2.05) is 6.07 Å². The standard InChI is InChI=1S/C17H29NO/c1-3-4-5-7-10-15(2)18-17(14-19)13-16-11-8-6-9-12-16/h6,8-9,11-12,15,17-19H,3-5,7,10,13-14H2,1-2H3/t15?,17-/m1/s1. The maximum Gasteiger partial charge on any atom is 0.0587 e. The van der Waals surface area contributed by atoms with Crippen LogP contribution in [0.1, 0.15) is 51.5 Å². The molecule has 2 heteroatoms. The summed E-state index contributed by atoms with van der Waals surface area (Å²) >= 11 is 0. The van der Waals surface area contributed by atoms with Crippen LogP contribution in [0.5, 0.6) is 0 Å². The molecule has 1 unspecified atom stereocenters. The molecule has 1 aromatic carbocycles. The number of unbranched alkanes of at least 4 members (excludes halogenated alkanes) is 3. The first-order valence-electron chi connectivity index (χ1n) is 7.67. The van der Waals surface area contributed by atoms with Crippen LogP contribution in [0.2, 0.25) is 0 Å². The molecule has 0 saturated heterocycles. The van der Waals surface area contributed by atoms with Gasteiger partial charge in [0.1, 0.15) is 0 Å². The number of aliphatic hydroxyl groups excluding tert-OH is 1. The van der Waals surface area contributed by atoms with Gasteiger partial charge in [-0.05, 0) is 25.3 Å². The second-order valence-electron chi connectivity index (χ2n) is 5.49. The highest BCUT2D eigenvalue weighted by molar-refractivity contribution is 5.15. The molecule has 0 heterocycles. The van der Waals surface area contributed by atoms with Crippen LogP contribution in [0.3, 0.4) is 0 Å². The third kappa shape index (κ3) is 7.34. The van der Waals surface area contributed by atoms with Gasteiger partial charge in [-0.2, -0.15) is 0 Å². The summed E-state index contributed by atoms with van der Waals surface area (Å²) in [6.45, 7) is 4.66. The molecule has 1 rings (SSSR count). The van der Waals surface area contributed by atoms with Crippen molar-refractivity contribution in [2.24, 2.45) is 0 Å². The summed E-state index contributed by atoms with van der Waals surface area (Å²) in [6, 6.07) is 11.0. The molecule has 1 aromatic rings. The summed E-state index contributed by atoms with van der Waals surface area (Å²) in [5.74, 6) is 0. The van der Waals surface area contributed by atoms with Crippen LogP contribution in [0, 0.1) is 0 Å². The molecular formula is C17H29NO. The van der Waals surface area contributed by atoms with Crippen molar-refractivity contribution in [2.45, 2.75) is 64.5 Å². The fourth-order valence-electron chi connectivity index (χ4n) is 2.44. The molecule has 2 N–H and O–H groups in total. The van der Waals surface area contributed by atoms with Crippen LogP contribution in [0.25, 0.3) is 0 Å². The van der Waals surface area contributed by atoms with Crippen LogP contribution in [-0.2, 0) is 6.42 Å². The number of benzene rings is 1. The third-order valence-electron chi connectivity index (χ3n) is 3.56. The third-order valence-corrected chi connectivity index (χ3v) is 3.56. The molecule has 19 heavy (non-hydrogen) atoms. The van der Waals surface area contributed by atoms with Gasteiger partial charge < -0.3 is 10.4 Å². The quantitative estimate of drug-likeness (QED) is 0.633. The van der Waals surface area contributed by atoms with Crippen LogP contribution >= 0.6 is 0 Å². The van der Waals surface area contributed by atoms with Gasteiger partial charge >= 0.3 is 0 Å². The zero-order valence-electron chi connectivity index (χ0n) is 12.4. The molecule has 108 valence electrons. The summed E-state index contributed by atoms with van der Waals surface area (Å²) in [5, 5.41) is 13.0. The molecule has 0 aliphatic rings. The lowest BCUT2D eigenvalue weighted by atomic mass is 10.0. The molecule has 0 aromatic heterocycles. The Morgan fingerprint density at radius 3 is 2.47 bits per heavy atom. The van der Waals surface area contributed by atoms with Gasteiger partial charge in [-0.3, -0.25) is 0 Å². The second kappa shape index (κ2) is 9.99. The van der Waals surface area contributed by atoms with Crippen molar-refractivity contribution in [3.05, 3.63) is 35.9 Å². The molecule has 0 spiro atoms. The van der Waals surface area contributed by atoms with Crippen molar-refractivity contribution < 1.29 is 5.11 Å². The average Bonchev–Trinajstić information content (AvgIpc) is 2.44. The van der Waals surface area contributed by atoms with E-state index in [1.54, 1.807) is 0 Å². The Morgan fingerprint density at radius 2 is 1.84 bits per heavy atom. The minimum atomic E-state index is 0.170. The summed E-state index contributed by atoms with van der Waals surface area (Å²) in [7, 11) is 0. The summed E-state index contributed by atoms with van der Waals surface area (Å²) in [4.78, 5) is 0. The maximum absolute atomic E-state index is 9.48. The van der Waals surface area contributed by atoms with E-state index in [0.717, 1.165) is 6.42 Å². The predicted octanol–water partition coefficient (Wildman–Crippen LogP) is 3.54. The summed E-state index contributed by atoms with van der Waals surface area (Å²) in [5.41, 5.74) is 1.28. The Labute approximate surface area is 118 Å². The minimum Gasteiger partial charge on any atom is -0.395 e. The fraction of sp³-hybridized carbons (Fsp3) is 0.647. The molecular weight excluding hydrogens is 234 g/mol. The Hall–Kier alpha value is -0.860. The van der Waals surface area contributed by atoms with E-state index in [2.05, 4.69) is 43.4 Å². The lowest BCUT2D eigenvalue weighted by molar-refractivity contribution is 0.229. The Bertz CT molecular complexity index is 312. The summed E-state index contributed by atoms with van der Waals surface area (Å²) in [6.07, 6.45) is 7.33. The van der Waals surface area contributed by atoms with Gasteiger partial charge in [-0.1, -0.05) is 62.9 Å². The summed E-state index contributed by atoms with van der Waals surface area (Å²) < 4.78 is 0. The first-order valence-corrected chi connectivity index (χ1v) is 7.67. The van der Waals surface area contributed by atoms with Crippen molar-refractivity contribution in [3.63, 3.8) is 0 Å². The lowest BCUT2D eigenvalue weighted by Gasteiger charge is -2.22. The topological polar surface area (TPSA) is 32.3 Å². The predicted molar refractivity (Wildman–Crippen MR) is 82.4 cm³/mol. The van der Waals surface area contributed by atoms with Gasteiger partial charge in [-0.15, -0.1) is 0 Å². The van der Waals surface area contributed by atoms with Crippen LogP contribution < -0.4 is 5.32 Å². The fourth-order valence-corrected chi connectivity index (χ4v) is 2.44. The highest BCUT2D eigenvalue weighted by Gasteiger charge is 2.11. The van der Waals surface area contributed by atoms with Crippen LogP contribution in [0.15, 0.2) is 30.3 Å². The minimum absolute atomic E-state index is 0.170. The van der Waals surface area contributed by atoms with Crippen molar-refractivity contribution >= 4 is 0 Å². The smallest absolute Gasteiger partial charge is 0.0587 e. The zero-order valence-corrected chi connectivity index (χ0v) is 12.4. The van der Waals surface area contributed by atoms with E-state index < -0.39 is 0 Å². The van der Waals surface area contributed by atoms with E-state index in [9.17, 15) is 5.11 Å². The lowest BCUT2D eigenvalue weighted by Crippen LogP contribution is -2.40. The first kappa shape index (κ1) is 16.2. The van der Waals surface area contributed by atoms with E-state index in [-0.39, 0.29) is 12.6 Å². The Morgan fingerprint density at radius 1 is 1.11 bits per heavy atom. The highest BCUT2D eigenvalue weighted by atomic mass is 16.3. The largest absolute Gasteiger partial charge is 0.395 e. The van der Waals surface area contributed by atoms with E-state index in [4.69, 9.17) is 0 Å². The normalized spacial score (nSPS) is 14.3. The van der Waals surface area contributed by atoms with E-state index in [0.29, 0.717) is 6.04 Å². The highest BCUT2D eigenvalue weighted by Crippen LogP contribution is 2.08. The molecule has 0 aliphatic carbocycles. The van der Waals surface area contributed by atoms with Crippen molar-refractivity contribution in [2.75, 3.05) is 6.61 Å². The molecule has 2 nitrogen and oxygen atoms in total. The number of aliphatic hydroxyl groups is 1. The number of hydrogen-bond acceptors (Lipinski definition) is 2. The number of hydrogen-bond donors (Lipinski definition) is 2. The van der Waals surface area contributed by atoms with Gasteiger partial charge in [-0.25, -0.2) is 0 Å². The zero-order chi connectivity index (χ0) is 13.9. The monoisotopic (exact) mass is 263 g/mol. The molecule has 2 atom stereocenters. The molecule has 0 aliphatic heterocycles. The van der Waals surface area contributed by atoms with Gasteiger partial charge in [0.25, 0.3) is 0 Å². The maximum atomic E-state index is 9.48. The van der Waals surface area contributed by atoms with Crippen LogP contribution in [0.4, 0.5) is 0 Å². The number of nitrogens with one attached hydrogen (secondary N) is 1. The van der Waals surface area contributed by atoms with Crippen molar-refractivity contribution in [1.29, 1.82) is 0 Å². The number of rotatable bonds is 10. The van der Waals surface area contributed by atoms with Gasteiger partial charge in [0.2, 0.25) is 0 Å². The van der Waals surface area contributed by atoms with E-state index >= 15 is 0 Å².